The molecule has 0 aliphatic rings. The maximum absolute atomic E-state index is 10.9. The molecular weight excluding hydrogens is 332 g/mol. The number of carboxylic acid groups (broad SMARTS) is 1. The maximum Gasteiger partial charge on any atom is 0.328 e. The molecule has 1 heterocycles. The number of aromatic nitrogens is 1. The van der Waals surface area contributed by atoms with Crippen molar-refractivity contribution in [2.45, 2.75) is 6.92 Å². The normalized spacial score (nSPS) is 10.8. The van der Waals surface area contributed by atoms with E-state index in [1.165, 1.54) is 20.3 Å². The summed E-state index contributed by atoms with van der Waals surface area (Å²) in [5.41, 5.74) is 3.06. The molecule has 6 heteroatoms. The molecule has 0 aliphatic carbocycles. The Morgan fingerprint density at radius 1 is 1.19 bits per heavy atom. The first kappa shape index (κ1) is 18.7. The summed E-state index contributed by atoms with van der Waals surface area (Å²) in [6.07, 6.45) is 6.24. The quantitative estimate of drug-likeness (QED) is 0.797. The summed E-state index contributed by atoms with van der Waals surface area (Å²) >= 11 is 0. The molecule has 2 rings (SSSR count). The van der Waals surface area contributed by atoms with Gasteiger partial charge in [-0.15, -0.1) is 0 Å². The maximum atomic E-state index is 10.9. The van der Waals surface area contributed by atoms with Crippen molar-refractivity contribution in [2.75, 3.05) is 14.2 Å². The van der Waals surface area contributed by atoms with Crippen LogP contribution in [-0.2, 0) is 4.79 Å². The number of allylic oxidation sites excluding steroid dienone is 1. The van der Waals surface area contributed by atoms with Crippen molar-refractivity contribution >= 4 is 18.1 Å². The molecule has 0 saturated carbocycles. The first-order valence-corrected chi connectivity index (χ1v) is 7.75. The Bertz CT molecular complexity index is 924. The second kappa shape index (κ2) is 8.49. The zero-order valence-corrected chi connectivity index (χ0v) is 14.7. The molecule has 0 spiro atoms. The molecule has 0 atom stereocenters. The van der Waals surface area contributed by atoms with Gasteiger partial charge in [-0.25, -0.2) is 9.78 Å². The summed E-state index contributed by atoms with van der Waals surface area (Å²) in [6.45, 7) is 1.88. The second-order valence-corrected chi connectivity index (χ2v) is 5.22. The van der Waals surface area contributed by atoms with Crippen LogP contribution in [0.2, 0.25) is 0 Å². The molecule has 1 N–H and O–H groups in total. The second-order valence-electron chi connectivity index (χ2n) is 5.22. The minimum Gasteiger partial charge on any atom is -0.496 e. The van der Waals surface area contributed by atoms with Gasteiger partial charge >= 0.3 is 5.97 Å². The number of hydrogen-bond donors (Lipinski definition) is 1. The lowest BCUT2D eigenvalue weighted by atomic mass is 10.00. The van der Waals surface area contributed by atoms with Gasteiger partial charge in [0.05, 0.1) is 19.9 Å². The van der Waals surface area contributed by atoms with Crippen molar-refractivity contribution < 1.29 is 19.4 Å². The number of nitrogens with zero attached hydrogens (tertiary/aromatic N) is 2. The third-order valence-corrected chi connectivity index (χ3v) is 3.57. The van der Waals surface area contributed by atoms with E-state index in [0.717, 1.165) is 17.2 Å². The van der Waals surface area contributed by atoms with E-state index in [1.807, 2.05) is 31.2 Å². The van der Waals surface area contributed by atoms with Crippen LogP contribution in [0.15, 0.2) is 36.4 Å². The van der Waals surface area contributed by atoms with Gasteiger partial charge in [0.15, 0.2) is 0 Å². The van der Waals surface area contributed by atoms with E-state index in [0.29, 0.717) is 22.6 Å². The van der Waals surface area contributed by atoms with Crippen LogP contribution in [0.4, 0.5) is 0 Å². The first-order chi connectivity index (χ1) is 12.5. The molecule has 1 aromatic heterocycles. The number of aliphatic carboxylic acids is 1. The Kier molecular flexibility index (Phi) is 6.12. The Labute approximate surface area is 151 Å². The minimum absolute atomic E-state index is 0.232. The lowest BCUT2D eigenvalue weighted by molar-refractivity contribution is -0.131. The molecule has 0 amide bonds. The molecule has 0 aliphatic heterocycles. The number of carbonyl (C=O) groups is 1. The third-order valence-electron chi connectivity index (χ3n) is 3.57. The largest absolute Gasteiger partial charge is 0.496 e. The van der Waals surface area contributed by atoms with E-state index < -0.39 is 5.97 Å². The minimum atomic E-state index is -1.05. The molecule has 0 bridgehead atoms. The Balaban J connectivity index is 2.69. The highest BCUT2D eigenvalue weighted by atomic mass is 16.5. The number of nitriles is 1. The lowest BCUT2D eigenvalue weighted by Crippen LogP contribution is -1.97. The fraction of sp³-hybridized carbons (Fsp3) is 0.150. The number of methoxy groups -OCH3 is 2. The first-order valence-electron chi connectivity index (χ1n) is 7.75. The predicted molar refractivity (Wildman–Crippen MR) is 98.9 cm³/mol. The van der Waals surface area contributed by atoms with Gasteiger partial charge in [-0.2, -0.15) is 5.26 Å². The van der Waals surface area contributed by atoms with E-state index >= 15 is 0 Å². The van der Waals surface area contributed by atoms with Gasteiger partial charge < -0.3 is 14.6 Å². The van der Waals surface area contributed by atoms with Crippen LogP contribution < -0.4 is 9.47 Å². The molecule has 2 aromatic rings. The highest BCUT2D eigenvalue weighted by Gasteiger charge is 2.13. The predicted octanol–water partition coefficient (Wildman–Crippen LogP) is 3.77. The number of carboxylic acids is 1. The van der Waals surface area contributed by atoms with Crippen molar-refractivity contribution in [1.29, 1.82) is 5.26 Å². The van der Waals surface area contributed by atoms with Crippen LogP contribution in [0.1, 0.15) is 23.6 Å². The Morgan fingerprint density at radius 2 is 1.88 bits per heavy atom. The number of pyridine rings is 1. The average molecular weight is 350 g/mol. The standard InChI is InChI=1S/C20H18N2O4/c1-4-5-13-10-16(11-14(19(13)25-2)7-9-18(23)24)17-8-6-15(12-21)20(22-17)26-3/h4-11H,1-3H3,(H,23,24)/b5-4+,9-7+. The molecule has 0 fully saturated rings. The van der Waals surface area contributed by atoms with E-state index in [-0.39, 0.29) is 5.88 Å². The number of benzene rings is 1. The highest BCUT2D eigenvalue weighted by molar-refractivity contribution is 5.87. The van der Waals surface area contributed by atoms with Crippen molar-refractivity contribution in [3.63, 3.8) is 0 Å². The van der Waals surface area contributed by atoms with Gasteiger partial charge in [0.25, 0.3) is 0 Å². The average Bonchev–Trinajstić information content (AvgIpc) is 2.65. The van der Waals surface area contributed by atoms with Crippen molar-refractivity contribution in [2.24, 2.45) is 0 Å². The lowest BCUT2D eigenvalue weighted by Gasteiger charge is -2.13. The topological polar surface area (TPSA) is 92.4 Å². The zero-order valence-electron chi connectivity index (χ0n) is 14.7. The molecule has 0 saturated heterocycles. The number of ether oxygens (including phenoxy) is 2. The highest BCUT2D eigenvalue weighted by Crippen LogP contribution is 2.33. The van der Waals surface area contributed by atoms with E-state index in [2.05, 4.69) is 4.98 Å². The third kappa shape index (κ3) is 4.08. The summed E-state index contributed by atoms with van der Waals surface area (Å²) < 4.78 is 10.6. The van der Waals surface area contributed by atoms with Crippen LogP contribution in [-0.4, -0.2) is 30.3 Å². The van der Waals surface area contributed by atoms with Crippen LogP contribution in [0.3, 0.4) is 0 Å². The summed E-state index contributed by atoms with van der Waals surface area (Å²) in [7, 11) is 2.98. The SMILES string of the molecule is C/C=C/c1cc(-c2ccc(C#N)c(OC)n2)cc(/C=C/C(=O)O)c1OC. The van der Waals surface area contributed by atoms with Gasteiger partial charge in [-0.1, -0.05) is 12.2 Å². The van der Waals surface area contributed by atoms with Gasteiger partial charge in [0.1, 0.15) is 17.4 Å². The van der Waals surface area contributed by atoms with E-state index in [1.54, 1.807) is 18.2 Å². The van der Waals surface area contributed by atoms with Gasteiger partial charge in [-0.05, 0) is 37.3 Å². The molecule has 132 valence electrons. The van der Waals surface area contributed by atoms with Crippen LogP contribution >= 0.6 is 0 Å². The summed E-state index contributed by atoms with van der Waals surface area (Å²) in [4.78, 5) is 15.3. The fourth-order valence-electron chi connectivity index (χ4n) is 2.49. The monoisotopic (exact) mass is 350 g/mol. The molecule has 1 aromatic carbocycles. The fourth-order valence-corrected chi connectivity index (χ4v) is 2.49. The van der Waals surface area contributed by atoms with Crippen molar-refractivity contribution in [3.05, 3.63) is 53.1 Å². The summed E-state index contributed by atoms with van der Waals surface area (Å²) in [6, 6.07) is 9.03. The van der Waals surface area contributed by atoms with E-state index in [9.17, 15) is 4.79 Å². The van der Waals surface area contributed by atoms with Gasteiger partial charge in [0.2, 0.25) is 5.88 Å². The molecule has 0 unspecified atom stereocenters. The van der Waals surface area contributed by atoms with Crippen molar-refractivity contribution in [3.8, 4) is 29.0 Å². The number of hydrogen-bond acceptors (Lipinski definition) is 5. The number of rotatable bonds is 6. The molecule has 26 heavy (non-hydrogen) atoms. The van der Waals surface area contributed by atoms with Crippen molar-refractivity contribution in [1.82, 2.24) is 4.98 Å². The molecule has 6 nitrogen and oxygen atoms in total. The molecule has 0 radical (unpaired) electrons. The molecular formula is C20H18N2O4. The Hall–Kier alpha value is -3.59. The Morgan fingerprint density at radius 3 is 2.42 bits per heavy atom. The smallest absolute Gasteiger partial charge is 0.328 e. The van der Waals surface area contributed by atoms with Gasteiger partial charge in [0, 0.05) is 22.8 Å². The van der Waals surface area contributed by atoms with Crippen LogP contribution in [0.25, 0.3) is 23.4 Å². The summed E-state index contributed by atoms with van der Waals surface area (Å²) in [5.74, 6) is -0.260. The van der Waals surface area contributed by atoms with Gasteiger partial charge in [-0.3, -0.25) is 0 Å². The van der Waals surface area contributed by atoms with Crippen LogP contribution in [0.5, 0.6) is 11.6 Å². The van der Waals surface area contributed by atoms with Crippen LogP contribution in [0, 0.1) is 11.3 Å². The summed E-state index contributed by atoms with van der Waals surface area (Å²) in [5, 5.41) is 18.0. The van der Waals surface area contributed by atoms with E-state index in [4.69, 9.17) is 19.8 Å². The zero-order chi connectivity index (χ0) is 19.1.